The first-order valence-corrected chi connectivity index (χ1v) is 19.0. The Labute approximate surface area is 288 Å². The Kier molecular flexibility index (Phi) is 11.2. The highest BCUT2D eigenvalue weighted by atomic mass is 16.5. The van der Waals surface area contributed by atoms with E-state index in [1.807, 2.05) is 19.9 Å². The number of rotatable bonds is 11. The Balaban J connectivity index is 1.07. The molecule has 0 aromatic heterocycles. The van der Waals surface area contributed by atoms with E-state index in [4.69, 9.17) is 4.74 Å². The number of benzene rings is 1. The average molecular weight is 665 g/mol. The van der Waals surface area contributed by atoms with Crippen LogP contribution in [0.15, 0.2) is 30.3 Å². The molecule has 3 N–H and O–H groups in total. The fourth-order valence-corrected chi connectivity index (χ4v) is 9.68. The molecule has 1 spiro atoms. The molecular weight excluding hydrogens is 604 g/mol. The number of hydrogen-bond acceptors (Lipinski definition) is 5. The SMILES string of the molecule is CC(C)NC(=O)NC1CCC(C(=O)N[C@@H](CCN2C3CCC2CC2(C3)CN(CC3CCOCC3)C(=O)N2C(C)C)c2ccccc2)CC1. The summed E-state index contributed by atoms with van der Waals surface area (Å²) in [4.78, 5) is 46.8. The first kappa shape index (κ1) is 35.0. The first-order chi connectivity index (χ1) is 23.1. The van der Waals surface area contributed by atoms with Crippen LogP contribution in [-0.2, 0) is 9.53 Å². The van der Waals surface area contributed by atoms with Gasteiger partial charge in [0.1, 0.15) is 0 Å². The van der Waals surface area contributed by atoms with Crippen molar-refractivity contribution in [1.82, 2.24) is 30.7 Å². The van der Waals surface area contributed by atoms with Crippen LogP contribution in [0, 0.1) is 11.8 Å². The molecule has 3 atom stereocenters. The predicted octanol–water partition coefficient (Wildman–Crippen LogP) is 5.44. The normalized spacial score (nSPS) is 30.3. The van der Waals surface area contributed by atoms with Crippen LogP contribution in [0.3, 0.4) is 0 Å². The van der Waals surface area contributed by atoms with Crippen molar-refractivity contribution in [3.05, 3.63) is 35.9 Å². The fraction of sp³-hybridized carbons (Fsp3) is 0.763. The maximum atomic E-state index is 13.9. The van der Waals surface area contributed by atoms with Crippen LogP contribution >= 0.6 is 0 Å². The van der Waals surface area contributed by atoms with Crippen LogP contribution < -0.4 is 16.0 Å². The summed E-state index contributed by atoms with van der Waals surface area (Å²) in [7, 11) is 0. The van der Waals surface area contributed by atoms with E-state index < -0.39 is 0 Å². The van der Waals surface area contributed by atoms with Gasteiger partial charge in [-0.25, -0.2) is 9.59 Å². The highest BCUT2D eigenvalue weighted by Crippen LogP contribution is 2.48. The maximum absolute atomic E-state index is 13.9. The molecule has 48 heavy (non-hydrogen) atoms. The second-order valence-corrected chi connectivity index (χ2v) is 16.0. The lowest BCUT2D eigenvalue weighted by Gasteiger charge is -2.49. The first-order valence-electron chi connectivity index (χ1n) is 19.0. The minimum absolute atomic E-state index is 0.0283. The van der Waals surface area contributed by atoms with Gasteiger partial charge in [0.2, 0.25) is 5.91 Å². The molecule has 5 amide bonds. The molecule has 5 aliphatic rings. The molecule has 266 valence electrons. The second-order valence-electron chi connectivity index (χ2n) is 16.0. The zero-order valence-corrected chi connectivity index (χ0v) is 29.8. The number of piperidine rings is 1. The van der Waals surface area contributed by atoms with Crippen LogP contribution in [0.25, 0.3) is 0 Å². The Morgan fingerprint density at radius 1 is 0.896 bits per heavy atom. The minimum Gasteiger partial charge on any atom is -0.381 e. The van der Waals surface area contributed by atoms with Crippen LogP contribution in [-0.4, -0.2) is 101 Å². The summed E-state index contributed by atoms with van der Waals surface area (Å²) >= 11 is 0. The van der Waals surface area contributed by atoms with Crippen LogP contribution in [0.4, 0.5) is 9.59 Å². The van der Waals surface area contributed by atoms with Gasteiger partial charge in [0.25, 0.3) is 0 Å². The molecular formula is C38H60N6O4. The molecule has 1 aromatic carbocycles. The summed E-state index contributed by atoms with van der Waals surface area (Å²) in [6.07, 6.45) is 10.6. The zero-order valence-electron chi connectivity index (χ0n) is 29.8. The molecule has 1 saturated carbocycles. The number of hydrogen-bond donors (Lipinski definition) is 3. The highest BCUT2D eigenvalue weighted by Gasteiger charge is 2.57. The lowest BCUT2D eigenvalue weighted by molar-refractivity contribution is -0.126. The highest BCUT2D eigenvalue weighted by molar-refractivity contribution is 5.80. The smallest absolute Gasteiger partial charge is 0.320 e. The largest absolute Gasteiger partial charge is 0.381 e. The summed E-state index contributed by atoms with van der Waals surface area (Å²) in [6.45, 7) is 12.6. The number of urea groups is 2. The molecule has 1 aliphatic carbocycles. The Morgan fingerprint density at radius 3 is 2.19 bits per heavy atom. The van der Waals surface area contributed by atoms with Crippen molar-refractivity contribution < 1.29 is 19.1 Å². The third kappa shape index (κ3) is 7.96. The molecule has 1 aromatic rings. The molecule has 2 unspecified atom stereocenters. The van der Waals surface area contributed by atoms with E-state index in [1.165, 1.54) is 12.8 Å². The molecule has 4 aliphatic heterocycles. The third-order valence-electron chi connectivity index (χ3n) is 11.9. The Morgan fingerprint density at radius 2 is 1.56 bits per heavy atom. The molecule has 10 nitrogen and oxygen atoms in total. The van der Waals surface area contributed by atoms with Gasteiger partial charge in [0.15, 0.2) is 0 Å². The Bertz CT molecular complexity index is 1230. The van der Waals surface area contributed by atoms with Gasteiger partial charge < -0.3 is 30.5 Å². The number of ether oxygens (including phenoxy) is 1. The van der Waals surface area contributed by atoms with Crippen LogP contribution in [0.1, 0.15) is 110 Å². The number of amides is 5. The lowest BCUT2D eigenvalue weighted by atomic mass is 9.81. The average Bonchev–Trinajstić information content (AvgIpc) is 3.47. The molecule has 6 rings (SSSR count). The lowest BCUT2D eigenvalue weighted by Crippen LogP contribution is -2.60. The second kappa shape index (κ2) is 15.4. The standard InChI is InChI=1S/C38H60N6O4/c1-26(2)39-36(46)40-31-12-10-30(11-13-31)35(45)41-34(29-8-6-5-7-9-29)16-19-43-32-14-15-33(43)23-38(22-32)25-42(37(47)44(38)27(3)4)24-28-17-20-48-21-18-28/h5-9,26-28,30-34H,10-25H2,1-4H3,(H,41,45)(H2,39,40,46)/t30?,31?,32?,33?,34-,38?/m0/s1. The van der Waals surface area contributed by atoms with Crippen molar-refractivity contribution in [2.75, 3.05) is 32.8 Å². The Hall–Kier alpha value is -2.85. The number of fused-ring (bicyclic) bond motifs is 2. The molecule has 4 saturated heterocycles. The van der Waals surface area contributed by atoms with E-state index in [2.05, 4.69) is 68.8 Å². The quantitative estimate of drug-likeness (QED) is 0.292. The van der Waals surface area contributed by atoms with E-state index in [9.17, 15) is 14.4 Å². The van der Waals surface area contributed by atoms with Gasteiger partial charge >= 0.3 is 12.1 Å². The van der Waals surface area contributed by atoms with Crippen LogP contribution in [0.2, 0.25) is 0 Å². The van der Waals surface area contributed by atoms with Gasteiger partial charge in [-0.15, -0.1) is 0 Å². The number of nitrogens with zero attached hydrogens (tertiary/aromatic N) is 3. The van der Waals surface area contributed by atoms with Crippen molar-refractivity contribution >= 4 is 18.0 Å². The number of nitrogens with one attached hydrogen (secondary N) is 3. The topological polar surface area (TPSA) is 106 Å². The van der Waals surface area contributed by atoms with Crippen molar-refractivity contribution in [3.8, 4) is 0 Å². The van der Waals surface area contributed by atoms with E-state index >= 15 is 0 Å². The number of carbonyl (C=O) groups excluding carboxylic acids is 3. The molecule has 0 radical (unpaired) electrons. The van der Waals surface area contributed by atoms with E-state index in [1.54, 1.807) is 0 Å². The van der Waals surface area contributed by atoms with Gasteiger partial charge in [-0.2, -0.15) is 0 Å². The number of carbonyl (C=O) groups is 3. The zero-order chi connectivity index (χ0) is 33.8. The summed E-state index contributed by atoms with van der Waals surface area (Å²) in [5.74, 6) is 0.646. The summed E-state index contributed by atoms with van der Waals surface area (Å²) in [6, 6.07) is 11.8. The van der Waals surface area contributed by atoms with E-state index in [-0.39, 0.29) is 53.6 Å². The van der Waals surface area contributed by atoms with Gasteiger partial charge in [0, 0.05) is 69.0 Å². The summed E-state index contributed by atoms with van der Waals surface area (Å²) in [5, 5.41) is 9.45. The third-order valence-corrected chi connectivity index (χ3v) is 11.9. The maximum Gasteiger partial charge on any atom is 0.320 e. The predicted molar refractivity (Wildman–Crippen MR) is 187 cm³/mol. The minimum atomic E-state index is -0.122. The van der Waals surface area contributed by atoms with Crippen molar-refractivity contribution in [3.63, 3.8) is 0 Å². The summed E-state index contributed by atoms with van der Waals surface area (Å²) in [5.41, 5.74) is 1.07. The molecule has 2 bridgehead atoms. The van der Waals surface area contributed by atoms with E-state index in [0.29, 0.717) is 18.0 Å². The summed E-state index contributed by atoms with van der Waals surface area (Å²) < 4.78 is 5.60. The monoisotopic (exact) mass is 664 g/mol. The molecule has 10 heteroatoms. The van der Waals surface area contributed by atoms with Crippen molar-refractivity contribution in [2.45, 2.75) is 140 Å². The molecule has 5 fully saturated rings. The van der Waals surface area contributed by atoms with Crippen molar-refractivity contribution in [1.29, 1.82) is 0 Å². The van der Waals surface area contributed by atoms with Gasteiger partial charge in [0.05, 0.1) is 11.6 Å². The van der Waals surface area contributed by atoms with Crippen LogP contribution in [0.5, 0.6) is 0 Å². The fourth-order valence-electron chi connectivity index (χ4n) is 9.68. The van der Waals surface area contributed by atoms with Crippen molar-refractivity contribution in [2.24, 2.45) is 11.8 Å². The van der Waals surface area contributed by atoms with E-state index in [0.717, 1.165) is 96.2 Å². The molecule has 4 heterocycles. The van der Waals surface area contributed by atoms with Gasteiger partial charge in [-0.3, -0.25) is 9.69 Å². The van der Waals surface area contributed by atoms with Gasteiger partial charge in [-0.05, 0) is 110 Å². The van der Waals surface area contributed by atoms with Gasteiger partial charge in [-0.1, -0.05) is 30.3 Å².